The Morgan fingerprint density at radius 3 is 2.67 bits per heavy atom. The highest BCUT2D eigenvalue weighted by Gasteiger charge is 2.37. The van der Waals surface area contributed by atoms with Crippen LogP contribution in [0.2, 0.25) is 0 Å². The molecule has 0 unspecified atom stereocenters. The highest BCUT2D eigenvalue weighted by atomic mass is 32.2. The molecule has 2 heterocycles. The van der Waals surface area contributed by atoms with Crippen LogP contribution < -0.4 is 0 Å². The zero-order chi connectivity index (χ0) is 19.8. The molecule has 1 N–H and O–H groups in total. The number of hydrogen-bond donors (Lipinski definition) is 1. The number of nitrogens with zero attached hydrogens (tertiary/aromatic N) is 4. The van der Waals surface area contributed by atoms with Gasteiger partial charge in [-0.3, -0.25) is 4.90 Å². The molecule has 0 amide bonds. The Hall–Kier alpha value is -2.42. The average Bonchev–Trinajstić information content (AvgIpc) is 3.15. The van der Waals surface area contributed by atoms with Crippen molar-refractivity contribution in [2.45, 2.75) is 17.1 Å². The number of hydrogen-bond acceptors (Lipinski definition) is 5. The van der Waals surface area contributed by atoms with Crippen LogP contribution in [0.25, 0.3) is 0 Å². The SMILES string of the molecule is CN1CCN(S(=O)(=O)c2ccc(C(F)(F)F)cc2C#N)C[C@H]1c1ncc[nH]1. The summed E-state index contributed by atoms with van der Waals surface area (Å²) in [6, 6.07) is 3.32. The van der Waals surface area contributed by atoms with E-state index in [0.717, 1.165) is 6.07 Å². The number of aromatic amines is 1. The van der Waals surface area contributed by atoms with Gasteiger partial charge in [-0.25, -0.2) is 13.4 Å². The largest absolute Gasteiger partial charge is 0.416 e. The number of imidazole rings is 1. The number of likely N-dealkylation sites (N-methyl/N-ethyl adjacent to an activating group) is 1. The molecule has 1 aromatic heterocycles. The van der Waals surface area contributed by atoms with Gasteiger partial charge >= 0.3 is 6.18 Å². The minimum absolute atomic E-state index is 0.0677. The van der Waals surface area contributed by atoms with E-state index in [0.29, 0.717) is 24.5 Å². The van der Waals surface area contributed by atoms with E-state index >= 15 is 0 Å². The molecule has 0 radical (unpaired) electrons. The first-order valence-corrected chi connectivity index (χ1v) is 9.39. The zero-order valence-electron chi connectivity index (χ0n) is 14.2. The number of nitriles is 1. The third kappa shape index (κ3) is 3.69. The van der Waals surface area contributed by atoms with E-state index in [1.165, 1.54) is 4.31 Å². The minimum Gasteiger partial charge on any atom is -0.347 e. The molecule has 1 saturated heterocycles. The van der Waals surface area contributed by atoms with Crippen molar-refractivity contribution in [3.8, 4) is 6.07 Å². The Morgan fingerprint density at radius 2 is 2.07 bits per heavy atom. The maximum atomic E-state index is 13.0. The second-order valence-corrected chi connectivity index (χ2v) is 8.06. The topological polar surface area (TPSA) is 93.1 Å². The monoisotopic (exact) mass is 399 g/mol. The van der Waals surface area contributed by atoms with Crippen LogP contribution in [0.4, 0.5) is 13.2 Å². The Bertz CT molecular complexity index is 967. The number of piperazine rings is 1. The summed E-state index contributed by atoms with van der Waals surface area (Å²) in [5.41, 5.74) is -1.59. The molecule has 0 aliphatic carbocycles. The number of nitrogens with one attached hydrogen (secondary N) is 1. The second-order valence-electron chi connectivity index (χ2n) is 6.15. The van der Waals surface area contributed by atoms with Crippen LogP contribution in [0.1, 0.15) is 23.0 Å². The van der Waals surface area contributed by atoms with Gasteiger partial charge in [-0.1, -0.05) is 0 Å². The van der Waals surface area contributed by atoms with Crippen molar-refractivity contribution in [1.29, 1.82) is 5.26 Å². The zero-order valence-corrected chi connectivity index (χ0v) is 15.0. The summed E-state index contributed by atoms with van der Waals surface area (Å²) < 4.78 is 65.7. The normalized spacial score (nSPS) is 19.7. The molecule has 27 heavy (non-hydrogen) atoms. The summed E-state index contributed by atoms with van der Waals surface area (Å²) in [4.78, 5) is 8.60. The fraction of sp³-hybridized carbons (Fsp3) is 0.375. The first-order valence-electron chi connectivity index (χ1n) is 7.95. The fourth-order valence-electron chi connectivity index (χ4n) is 2.98. The lowest BCUT2D eigenvalue weighted by Gasteiger charge is -2.37. The molecule has 7 nitrogen and oxygen atoms in total. The minimum atomic E-state index is -4.66. The van der Waals surface area contributed by atoms with Crippen molar-refractivity contribution in [3.05, 3.63) is 47.5 Å². The predicted molar refractivity (Wildman–Crippen MR) is 88.9 cm³/mol. The lowest BCUT2D eigenvalue weighted by atomic mass is 10.1. The molecule has 0 saturated carbocycles. The van der Waals surface area contributed by atoms with Crippen molar-refractivity contribution in [2.24, 2.45) is 0 Å². The quantitative estimate of drug-likeness (QED) is 0.852. The molecule has 144 valence electrons. The van der Waals surface area contributed by atoms with Gasteiger partial charge in [0.15, 0.2) is 0 Å². The van der Waals surface area contributed by atoms with Gasteiger partial charge in [0, 0.05) is 32.0 Å². The molecular weight excluding hydrogens is 383 g/mol. The molecule has 11 heteroatoms. The van der Waals surface area contributed by atoms with Gasteiger partial charge in [-0.05, 0) is 25.2 Å². The van der Waals surface area contributed by atoms with Gasteiger partial charge in [-0.2, -0.15) is 22.7 Å². The molecule has 1 aliphatic rings. The molecule has 2 aromatic rings. The first kappa shape index (κ1) is 19.3. The Kier molecular flexibility index (Phi) is 4.98. The Labute approximate surface area is 154 Å². The van der Waals surface area contributed by atoms with Crippen molar-refractivity contribution in [1.82, 2.24) is 19.2 Å². The highest BCUT2D eigenvalue weighted by molar-refractivity contribution is 7.89. The van der Waals surface area contributed by atoms with Crippen LogP contribution in [0.5, 0.6) is 0 Å². The van der Waals surface area contributed by atoms with Crippen molar-refractivity contribution < 1.29 is 21.6 Å². The van der Waals surface area contributed by atoms with Gasteiger partial charge in [0.05, 0.1) is 22.1 Å². The summed E-state index contributed by atoms with van der Waals surface area (Å²) in [7, 11) is -2.31. The Morgan fingerprint density at radius 1 is 1.33 bits per heavy atom. The van der Waals surface area contributed by atoms with Crippen LogP contribution in [0.3, 0.4) is 0 Å². The highest BCUT2D eigenvalue weighted by Crippen LogP contribution is 2.33. The van der Waals surface area contributed by atoms with Gasteiger partial charge in [0.2, 0.25) is 10.0 Å². The van der Waals surface area contributed by atoms with Crippen molar-refractivity contribution in [3.63, 3.8) is 0 Å². The summed E-state index contributed by atoms with van der Waals surface area (Å²) in [5, 5.41) is 9.19. The molecule has 3 rings (SSSR count). The van der Waals surface area contributed by atoms with E-state index in [4.69, 9.17) is 0 Å². The van der Waals surface area contributed by atoms with Crippen LogP contribution in [-0.4, -0.2) is 54.3 Å². The van der Waals surface area contributed by atoms with Crippen LogP contribution >= 0.6 is 0 Å². The van der Waals surface area contributed by atoms with E-state index in [1.807, 2.05) is 11.9 Å². The lowest BCUT2D eigenvalue weighted by Crippen LogP contribution is -2.49. The number of aromatic nitrogens is 2. The van der Waals surface area contributed by atoms with Gasteiger partial charge in [0.1, 0.15) is 11.9 Å². The summed E-state index contributed by atoms with van der Waals surface area (Å²) in [6.45, 7) is 0.632. The predicted octanol–water partition coefficient (Wildman–Crippen LogP) is 1.98. The van der Waals surface area contributed by atoms with Crippen LogP contribution in [0.15, 0.2) is 35.5 Å². The maximum absolute atomic E-state index is 13.0. The van der Waals surface area contributed by atoms with E-state index in [1.54, 1.807) is 18.5 Å². The molecular formula is C16H16F3N5O2S. The molecule has 0 spiro atoms. The molecule has 0 bridgehead atoms. The maximum Gasteiger partial charge on any atom is 0.416 e. The van der Waals surface area contributed by atoms with E-state index < -0.39 is 32.2 Å². The number of H-pyrrole nitrogens is 1. The standard InChI is InChI=1S/C16H16F3N5O2S/c1-23-6-7-24(10-13(23)15-21-4-5-22-15)27(25,26)14-3-2-12(16(17,18)19)8-11(14)9-20/h2-5,8,13H,6-7,10H2,1H3,(H,21,22)/t13-/m0/s1. The molecule has 1 fully saturated rings. The van der Waals surface area contributed by atoms with Crippen molar-refractivity contribution in [2.75, 3.05) is 26.7 Å². The van der Waals surface area contributed by atoms with E-state index in [9.17, 15) is 26.9 Å². The molecule has 1 aliphatic heterocycles. The number of halogens is 3. The summed E-state index contributed by atoms with van der Waals surface area (Å²) in [6.07, 6.45) is -1.48. The summed E-state index contributed by atoms with van der Waals surface area (Å²) >= 11 is 0. The summed E-state index contributed by atoms with van der Waals surface area (Å²) in [5.74, 6) is 0.588. The number of sulfonamides is 1. The average molecular weight is 399 g/mol. The molecule has 1 aromatic carbocycles. The Balaban J connectivity index is 1.96. The number of rotatable bonds is 3. The van der Waals surface area contributed by atoms with Crippen LogP contribution in [-0.2, 0) is 16.2 Å². The van der Waals surface area contributed by atoms with Crippen LogP contribution in [0, 0.1) is 11.3 Å². The van der Waals surface area contributed by atoms with Gasteiger partial charge < -0.3 is 4.98 Å². The van der Waals surface area contributed by atoms with Gasteiger partial charge in [0.25, 0.3) is 0 Å². The smallest absolute Gasteiger partial charge is 0.347 e. The molecule has 1 atom stereocenters. The number of alkyl halides is 3. The van der Waals surface area contributed by atoms with Gasteiger partial charge in [-0.15, -0.1) is 0 Å². The number of benzene rings is 1. The van der Waals surface area contributed by atoms with E-state index in [-0.39, 0.29) is 19.1 Å². The first-order chi connectivity index (χ1) is 12.6. The third-order valence-corrected chi connectivity index (χ3v) is 6.41. The van der Waals surface area contributed by atoms with Crippen molar-refractivity contribution >= 4 is 10.0 Å². The fourth-order valence-corrected chi connectivity index (χ4v) is 4.54. The lowest BCUT2D eigenvalue weighted by molar-refractivity contribution is -0.137. The second kappa shape index (κ2) is 6.95. The van der Waals surface area contributed by atoms with E-state index in [2.05, 4.69) is 9.97 Å². The third-order valence-electron chi connectivity index (χ3n) is 4.49.